The first-order chi connectivity index (χ1) is 14.0. The van der Waals surface area contributed by atoms with Crippen LogP contribution in [-0.4, -0.2) is 30.7 Å². The molecule has 0 aliphatic rings. The van der Waals surface area contributed by atoms with E-state index in [2.05, 4.69) is 43.9 Å². The number of thioether (sulfide) groups is 1. The van der Waals surface area contributed by atoms with E-state index in [0.29, 0.717) is 5.16 Å². The lowest BCUT2D eigenvalue weighted by Gasteiger charge is -2.12. The Bertz CT molecular complexity index is 1200. The average molecular weight is 408 g/mol. The van der Waals surface area contributed by atoms with Crippen LogP contribution in [0.4, 0.5) is 17.6 Å². The minimum atomic E-state index is -0.441. The normalized spacial score (nSPS) is 12.3. The van der Waals surface area contributed by atoms with E-state index in [1.165, 1.54) is 28.1 Å². The SMILES string of the molecule is CCn1c2ccccc2c2ccc(NC(=O)C(C)Sc3nc(N)nc(N)n3)cc21. The first-order valence-electron chi connectivity index (χ1n) is 9.21. The third kappa shape index (κ3) is 3.68. The molecule has 0 saturated carbocycles. The molecule has 2 aromatic carbocycles. The summed E-state index contributed by atoms with van der Waals surface area (Å²) >= 11 is 1.17. The number of para-hydroxylation sites is 1. The molecule has 8 nitrogen and oxygen atoms in total. The summed E-state index contributed by atoms with van der Waals surface area (Å²) in [6.45, 7) is 4.73. The summed E-state index contributed by atoms with van der Waals surface area (Å²) in [5, 5.41) is 5.22. The lowest BCUT2D eigenvalue weighted by atomic mass is 10.1. The summed E-state index contributed by atoms with van der Waals surface area (Å²) in [5.41, 5.74) is 14.2. The van der Waals surface area contributed by atoms with Crippen LogP contribution in [0.25, 0.3) is 21.8 Å². The molecule has 0 fully saturated rings. The summed E-state index contributed by atoms with van der Waals surface area (Å²) in [6, 6.07) is 14.3. The van der Waals surface area contributed by atoms with Crippen LogP contribution in [0.15, 0.2) is 47.6 Å². The quantitative estimate of drug-likeness (QED) is 0.434. The first-order valence-corrected chi connectivity index (χ1v) is 10.1. The highest BCUT2D eigenvalue weighted by Gasteiger charge is 2.18. The Hall–Kier alpha value is -3.33. The van der Waals surface area contributed by atoms with E-state index in [1.54, 1.807) is 6.92 Å². The highest BCUT2D eigenvalue weighted by Crippen LogP contribution is 2.31. The van der Waals surface area contributed by atoms with Gasteiger partial charge in [0.05, 0.1) is 10.8 Å². The number of fused-ring (bicyclic) bond motifs is 3. The summed E-state index contributed by atoms with van der Waals surface area (Å²) < 4.78 is 2.24. The van der Waals surface area contributed by atoms with Crippen LogP contribution in [0, 0.1) is 0 Å². The zero-order valence-electron chi connectivity index (χ0n) is 16.1. The molecule has 1 atom stereocenters. The second kappa shape index (κ2) is 7.59. The van der Waals surface area contributed by atoms with Gasteiger partial charge in [-0.25, -0.2) is 0 Å². The summed E-state index contributed by atoms with van der Waals surface area (Å²) in [7, 11) is 0. The van der Waals surface area contributed by atoms with Gasteiger partial charge >= 0.3 is 0 Å². The molecule has 0 saturated heterocycles. The minimum absolute atomic E-state index is 0.0328. The molecule has 5 N–H and O–H groups in total. The molecule has 29 heavy (non-hydrogen) atoms. The van der Waals surface area contributed by atoms with Gasteiger partial charge in [0.1, 0.15) is 0 Å². The standard InChI is InChI=1S/C20H21N7OS/c1-3-27-15-7-5-4-6-13(15)14-9-8-12(10-16(14)27)23-17(28)11(2)29-20-25-18(21)24-19(22)26-20/h4-11H,3H2,1-2H3,(H,23,28)(H4,21,22,24,25,26). The van der Waals surface area contributed by atoms with Crippen molar-refractivity contribution in [2.75, 3.05) is 16.8 Å². The topological polar surface area (TPSA) is 125 Å². The number of carbonyl (C=O) groups is 1. The van der Waals surface area contributed by atoms with Crippen LogP contribution in [-0.2, 0) is 11.3 Å². The number of benzene rings is 2. The van der Waals surface area contributed by atoms with E-state index >= 15 is 0 Å². The number of amides is 1. The Morgan fingerprint density at radius 2 is 1.76 bits per heavy atom. The molecule has 0 aliphatic carbocycles. The van der Waals surface area contributed by atoms with Crippen LogP contribution >= 0.6 is 11.8 Å². The van der Waals surface area contributed by atoms with Crippen molar-refractivity contribution >= 4 is 57.1 Å². The number of nitrogen functional groups attached to an aromatic ring is 2. The van der Waals surface area contributed by atoms with Gasteiger partial charge in [0, 0.05) is 28.5 Å². The second-order valence-electron chi connectivity index (χ2n) is 6.58. The van der Waals surface area contributed by atoms with E-state index in [-0.39, 0.29) is 17.8 Å². The number of hydrogen-bond donors (Lipinski definition) is 3. The van der Waals surface area contributed by atoms with Crippen LogP contribution in [0.2, 0.25) is 0 Å². The maximum absolute atomic E-state index is 12.7. The van der Waals surface area contributed by atoms with Gasteiger partial charge < -0.3 is 21.4 Å². The zero-order valence-corrected chi connectivity index (χ0v) is 16.9. The van der Waals surface area contributed by atoms with Gasteiger partial charge in [-0.05, 0) is 32.0 Å². The van der Waals surface area contributed by atoms with Crippen LogP contribution in [0.1, 0.15) is 13.8 Å². The number of aryl methyl sites for hydroxylation is 1. The predicted molar refractivity (Wildman–Crippen MR) is 118 cm³/mol. The summed E-state index contributed by atoms with van der Waals surface area (Å²) in [6.07, 6.45) is 0. The lowest BCUT2D eigenvalue weighted by Crippen LogP contribution is -2.23. The molecule has 0 spiro atoms. The monoisotopic (exact) mass is 407 g/mol. The molecule has 0 aliphatic heterocycles. The van der Waals surface area contributed by atoms with Crippen molar-refractivity contribution < 1.29 is 4.79 Å². The molecule has 0 bridgehead atoms. The van der Waals surface area contributed by atoms with Crippen molar-refractivity contribution in [2.45, 2.75) is 30.8 Å². The van der Waals surface area contributed by atoms with E-state index < -0.39 is 5.25 Å². The van der Waals surface area contributed by atoms with E-state index in [0.717, 1.165) is 17.7 Å². The molecule has 0 radical (unpaired) electrons. The summed E-state index contributed by atoms with van der Waals surface area (Å²) in [5.74, 6) is -0.0954. The van der Waals surface area contributed by atoms with Crippen molar-refractivity contribution in [1.29, 1.82) is 0 Å². The fourth-order valence-electron chi connectivity index (χ4n) is 3.36. The molecule has 2 aromatic heterocycles. The zero-order chi connectivity index (χ0) is 20.5. The number of aromatic nitrogens is 4. The average Bonchev–Trinajstić information content (AvgIpc) is 3.00. The number of nitrogens with two attached hydrogens (primary N) is 2. The van der Waals surface area contributed by atoms with Gasteiger partial charge in [-0.15, -0.1) is 0 Å². The smallest absolute Gasteiger partial charge is 0.237 e. The molecular formula is C20H21N7OS. The fraction of sp³-hybridized carbons (Fsp3) is 0.200. The molecule has 1 unspecified atom stereocenters. The minimum Gasteiger partial charge on any atom is -0.368 e. The lowest BCUT2D eigenvalue weighted by molar-refractivity contribution is -0.115. The Morgan fingerprint density at radius 3 is 2.48 bits per heavy atom. The van der Waals surface area contributed by atoms with Crippen LogP contribution in [0.3, 0.4) is 0 Å². The van der Waals surface area contributed by atoms with Crippen molar-refractivity contribution in [3.05, 3.63) is 42.5 Å². The second-order valence-corrected chi connectivity index (χ2v) is 7.89. The Balaban J connectivity index is 1.58. The molecule has 4 rings (SSSR count). The molecule has 1 amide bonds. The number of carbonyl (C=O) groups excluding carboxylic acids is 1. The van der Waals surface area contributed by atoms with Gasteiger partial charge in [0.15, 0.2) is 5.16 Å². The van der Waals surface area contributed by atoms with Crippen LogP contribution < -0.4 is 16.8 Å². The third-order valence-electron chi connectivity index (χ3n) is 4.66. The number of nitrogens with zero attached hydrogens (tertiary/aromatic N) is 4. The maximum atomic E-state index is 12.7. The number of hydrogen-bond acceptors (Lipinski definition) is 7. The Labute approximate surface area is 171 Å². The first kappa shape index (κ1) is 19.0. The number of anilines is 3. The molecule has 9 heteroatoms. The Morgan fingerprint density at radius 1 is 1.07 bits per heavy atom. The van der Waals surface area contributed by atoms with E-state index in [9.17, 15) is 4.79 Å². The van der Waals surface area contributed by atoms with Crippen molar-refractivity contribution in [3.63, 3.8) is 0 Å². The number of rotatable bonds is 5. The molecule has 2 heterocycles. The highest BCUT2D eigenvalue weighted by molar-refractivity contribution is 8.00. The van der Waals surface area contributed by atoms with Gasteiger partial charge in [-0.1, -0.05) is 36.0 Å². The predicted octanol–water partition coefficient (Wildman–Crippen LogP) is 3.28. The van der Waals surface area contributed by atoms with Crippen molar-refractivity contribution in [1.82, 2.24) is 19.5 Å². The fourth-order valence-corrected chi connectivity index (χ4v) is 4.14. The van der Waals surface area contributed by atoms with Gasteiger partial charge in [0.25, 0.3) is 0 Å². The van der Waals surface area contributed by atoms with Crippen LogP contribution in [0.5, 0.6) is 0 Å². The summed E-state index contributed by atoms with van der Waals surface area (Å²) in [4.78, 5) is 24.4. The maximum Gasteiger partial charge on any atom is 0.237 e. The Kier molecular flexibility index (Phi) is 4.98. The van der Waals surface area contributed by atoms with Crippen molar-refractivity contribution in [2.24, 2.45) is 0 Å². The molecular weight excluding hydrogens is 386 g/mol. The van der Waals surface area contributed by atoms with E-state index in [1.807, 2.05) is 30.3 Å². The van der Waals surface area contributed by atoms with E-state index in [4.69, 9.17) is 11.5 Å². The third-order valence-corrected chi connectivity index (χ3v) is 5.62. The van der Waals surface area contributed by atoms with Crippen molar-refractivity contribution in [3.8, 4) is 0 Å². The highest BCUT2D eigenvalue weighted by atomic mass is 32.2. The largest absolute Gasteiger partial charge is 0.368 e. The molecule has 148 valence electrons. The number of nitrogens with one attached hydrogen (secondary N) is 1. The van der Waals surface area contributed by atoms with Gasteiger partial charge in [-0.2, -0.15) is 15.0 Å². The van der Waals surface area contributed by atoms with Gasteiger partial charge in [0.2, 0.25) is 17.8 Å². The molecule has 4 aromatic rings. The van der Waals surface area contributed by atoms with Gasteiger partial charge in [-0.3, -0.25) is 4.79 Å².